The zero-order chi connectivity index (χ0) is 16.1. The number of carbonyl (C=O) groups excluding carboxylic acids is 1. The highest BCUT2D eigenvalue weighted by Gasteiger charge is 2.19. The number of aryl methyl sites for hydroxylation is 1. The molecule has 23 heavy (non-hydrogen) atoms. The fraction of sp³-hybridized carbons (Fsp3) is 0.438. The van der Waals surface area contributed by atoms with Crippen molar-refractivity contribution >= 4 is 5.91 Å². The molecule has 1 saturated heterocycles. The van der Waals surface area contributed by atoms with Crippen molar-refractivity contribution in [1.82, 2.24) is 20.8 Å². The molecule has 0 saturated carbocycles. The molecule has 7 nitrogen and oxygen atoms in total. The second kappa shape index (κ2) is 7.23. The highest BCUT2D eigenvalue weighted by atomic mass is 16.5. The third kappa shape index (κ3) is 4.07. The second-order valence-corrected chi connectivity index (χ2v) is 5.53. The summed E-state index contributed by atoms with van der Waals surface area (Å²) in [5.74, 6) is 1.32. The number of para-hydroxylation sites is 1. The average molecular weight is 316 g/mol. The first-order valence-corrected chi connectivity index (χ1v) is 7.75. The van der Waals surface area contributed by atoms with Gasteiger partial charge in [0.25, 0.3) is 5.91 Å². The van der Waals surface area contributed by atoms with Crippen molar-refractivity contribution < 1.29 is 14.1 Å². The van der Waals surface area contributed by atoms with Gasteiger partial charge in [0, 0.05) is 19.5 Å². The molecule has 1 atom stereocenters. The second-order valence-electron chi connectivity index (χ2n) is 5.53. The van der Waals surface area contributed by atoms with E-state index in [1.54, 1.807) is 19.1 Å². The Morgan fingerprint density at radius 2 is 2.35 bits per heavy atom. The van der Waals surface area contributed by atoms with Crippen LogP contribution in [0.3, 0.4) is 0 Å². The minimum Gasteiger partial charge on any atom is -0.485 e. The first kappa shape index (κ1) is 15.5. The largest absolute Gasteiger partial charge is 0.485 e. The Balaban J connectivity index is 1.65. The lowest BCUT2D eigenvalue weighted by atomic mass is 10.1. The maximum absolute atomic E-state index is 12.5. The van der Waals surface area contributed by atoms with Gasteiger partial charge in [-0.05, 0) is 31.5 Å². The van der Waals surface area contributed by atoms with Crippen molar-refractivity contribution in [1.29, 1.82) is 0 Å². The SMILES string of the molecule is Cc1nc(COc2ccccc2C(=O)NC2CCCNC2)no1. The van der Waals surface area contributed by atoms with E-state index in [0.717, 1.165) is 25.9 Å². The Bertz CT molecular complexity index is 665. The van der Waals surface area contributed by atoms with Gasteiger partial charge in [0.2, 0.25) is 11.7 Å². The molecule has 1 fully saturated rings. The number of nitrogens with one attached hydrogen (secondary N) is 2. The number of rotatable bonds is 5. The van der Waals surface area contributed by atoms with Crippen molar-refractivity contribution in [3.05, 3.63) is 41.5 Å². The van der Waals surface area contributed by atoms with Crippen LogP contribution < -0.4 is 15.4 Å². The van der Waals surface area contributed by atoms with Gasteiger partial charge < -0.3 is 19.9 Å². The van der Waals surface area contributed by atoms with Crippen LogP contribution in [-0.2, 0) is 6.61 Å². The third-order valence-electron chi connectivity index (χ3n) is 3.69. The van der Waals surface area contributed by atoms with Crippen LogP contribution in [0.5, 0.6) is 5.75 Å². The molecule has 0 spiro atoms. The molecule has 0 radical (unpaired) electrons. The minimum absolute atomic E-state index is 0.126. The summed E-state index contributed by atoms with van der Waals surface area (Å²) in [7, 11) is 0. The molecule has 3 rings (SSSR count). The smallest absolute Gasteiger partial charge is 0.255 e. The Hall–Kier alpha value is -2.41. The molecular formula is C16H20N4O3. The van der Waals surface area contributed by atoms with Gasteiger partial charge >= 0.3 is 0 Å². The zero-order valence-electron chi connectivity index (χ0n) is 13.0. The first-order valence-electron chi connectivity index (χ1n) is 7.75. The molecule has 1 aliphatic heterocycles. The molecule has 1 amide bonds. The number of hydrogen-bond donors (Lipinski definition) is 2. The van der Waals surface area contributed by atoms with Crippen molar-refractivity contribution in [2.45, 2.75) is 32.4 Å². The highest BCUT2D eigenvalue weighted by molar-refractivity contribution is 5.97. The summed E-state index contributed by atoms with van der Waals surface area (Å²) in [6.07, 6.45) is 2.06. The van der Waals surface area contributed by atoms with Crippen LogP contribution in [0.1, 0.15) is 34.9 Å². The van der Waals surface area contributed by atoms with E-state index in [4.69, 9.17) is 9.26 Å². The summed E-state index contributed by atoms with van der Waals surface area (Å²) >= 11 is 0. The predicted molar refractivity (Wildman–Crippen MR) is 83.2 cm³/mol. The Morgan fingerprint density at radius 1 is 1.48 bits per heavy atom. The normalized spacial score (nSPS) is 17.7. The number of amides is 1. The molecule has 2 aromatic rings. The van der Waals surface area contributed by atoms with Crippen LogP contribution >= 0.6 is 0 Å². The number of benzene rings is 1. The first-order chi connectivity index (χ1) is 11.2. The van der Waals surface area contributed by atoms with Crippen LogP contribution in [0.15, 0.2) is 28.8 Å². The van der Waals surface area contributed by atoms with Crippen LogP contribution in [-0.4, -0.2) is 35.2 Å². The molecule has 0 bridgehead atoms. The number of aromatic nitrogens is 2. The average Bonchev–Trinajstić information content (AvgIpc) is 2.99. The van der Waals surface area contributed by atoms with Crippen LogP contribution in [0.25, 0.3) is 0 Å². The topological polar surface area (TPSA) is 89.3 Å². The maximum Gasteiger partial charge on any atom is 0.255 e. The van der Waals surface area contributed by atoms with E-state index in [0.29, 0.717) is 23.0 Å². The van der Waals surface area contributed by atoms with Crippen LogP contribution in [0.4, 0.5) is 0 Å². The molecule has 122 valence electrons. The van der Waals surface area contributed by atoms with Gasteiger partial charge in [-0.15, -0.1) is 0 Å². The summed E-state index contributed by atoms with van der Waals surface area (Å²) in [5.41, 5.74) is 0.512. The lowest BCUT2D eigenvalue weighted by Crippen LogP contribution is -2.45. The Morgan fingerprint density at radius 3 is 3.09 bits per heavy atom. The van der Waals surface area contributed by atoms with Gasteiger partial charge in [-0.3, -0.25) is 4.79 Å². The van der Waals surface area contributed by atoms with Gasteiger partial charge in [-0.25, -0.2) is 0 Å². The number of ether oxygens (including phenoxy) is 1. The van der Waals surface area contributed by atoms with Gasteiger partial charge in [0.1, 0.15) is 5.75 Å². The van der Waals surface area contributed by atoms with E-state index in [1.807, 2.05) is 12.1 Å². The molecule has 1 unspecified atom stereocenters. The number of nitrogens with zero attached hydrogens (tertiary/aromatic N) is 2. The number of piperidine rings is 1. The van der Waals surface area contributed by atoms with Crippen LogP contribution in [0, 0.1) is 6.92 Å². The molecule has 1 aromatic carbocycles. The predicted octanol–water partition coefficient (Wildman–Crippen LogP) is 1.44. The highest BCUT2D eigenvalue weighted by Crippen LogP contribution is 2.19. The fourth-order valence-electron chi connectivity index (χ4n) is 2.56. The lowest BCUT2D eigenvalue weighted by molar-refractivity contribution is 0.0926. The lowest BCUT2D eigenvalue weighted by Gasteiger charge is -2.24. The van der Waals surface area contributed by atoms with E-state index in [2.05, 4.69) is 20.8 Å². The quantitative estimate of drug-likeness (QED) is 0.867. The fourth-order valence-corrected chi connectivity index (χ4v) is 2.56. The summed E-state index contributed by atoms with van der Waals surface area (Å²) < 4.78 is 10.6. The molecule has 1 aliphatic rings. The molecule has 2 N–H and O–H groups in total. The van der Waals surface area contributed by atoms with Gasteiger partial charge in [0.15, 0.2) is 6.61 Å². The maximum atomic E-state index is 12.5. The van der Waals surface area contributed by atoms with Gasteiger partial charge in [-0.1, -0.05) is 17.3 Å². The number of hydrogen-bond acceptors (Lipinski definition) is 6. The van der Waals surface area contributed by atoms with Crippen molar-refractivity contribution in [2.24, 2.45) is 0 Å². The van der Waals surface area contributed by atoms with Crippen molar-refractivity contribution in [3.63, 3.8) is 0 Å². The minimum atomic E-state index is -0.126. The van der Waals surface area contributed by atoms with Crippen LogP contribution in [0.2, 0.25) is 0 Å². The summed E-state index contributed by atoms with van der Waals surface area (Å²) in [4.78, 5) is 16.6. The van der Waals surface area contributed by atoms with Gasteiger partial charge in [0.05, 0.1) is 5.56 Å². The Kier molecular flexibility index (Phi) is 4.87. The molecule has 7 heteroatoms. The van der Waals surface area contributed by atoms with E-state index in [1.165, 1.54) is 0 Å². The van der Waals surface area contributed by atoms with Crippen molar-refractivity contribution in [3.8, 4) is 5.75 Å². The standard InChI is InChI=1S/C16H20N4O3/c1-11-18-15(20-23-11)10-22-14-7-3-2-6-13(14)16(21)19-12-5-4-8-17-9-12/h2-3,6-7,12,17H,4-5,8-10H2,1H3,(H,19,21). The van der Waals surface area contributed by atoms with Crippen molar-refractivity contribution in [2.75, 3.05) is 13.1 Å². The monoisotopic (exact) mass is 316 g/mol. The molecule has 0 aliphatic carbocycles. The third-order valence-corrected chi connectivity index (χ3v) is 3.69. The van der Waals surface area contributed by atoms with E-state index < -0.39 is 0 Å². The van der Waals surface area contributed by atoms with E-state index >= 15 is 0 Å². The molecule has 1 aromatic heterocycles. The molecular weight excluding hydrogens is 296 g/mol. The van der Waals surface area contributed by atoms with Gasteiger partial charge in [-0.2, -0.15) is 4.98 Å². The summed E-state index contributed by atoms with van der Waals surface area (Å²) in [5, 5.41) is 10.1. The molecule has 2 heterocycles. The Labute approximate surface area is 134 Å². The summed E-state index contributed by atoms with van der Waals surface area (Å²) in [6.45, 7) is 3.69. The number of carbonyl (C=O) groups is 1. The zero-order valence-corrected chi connectivity index (χ0v) is 13.0. The summed E-state index contributed by atoms with van der Waals surface area (Å²) in [6, 6.07) is 7.32. The van der Waals surface area contributed by atoms with E-state index in [9.17, 15) is 4.79 Å². The van der Waals surface area contributed by atoms with E-state index in [-0.39, 0.29) is 18.6 Å².